The number of aliphatic carboxylic acids is 1. The number of aliphatic hydroxyl groups excluding tert-OH is 1. The molecule has 4 N–H and O–H groups in total. The van der Waals surface area contributed by atoms with Crippen molar-refractivity contribution in [3.63, 3.8) is 0 Å². The van der Waals surface area contributed by atoms with Crippen LogP contribution in [0, 0.1) is 0 Å². The van der Waals surface area contributed by atoms with E-state index in [1.54, 1.807) is 7.11 Å². The zero-order valence-electron chi connectivity index (χ0n) is 10.2. The Labute approximate surface area is 105 Å². The molecule has 0 aliphatic rings. The molecule has 0 radical (unpaired) electrons. The van der Waals surface area contributed by atoms with Gasteiger partial charge in [0, 0.05) is 18.6 Å². The van der Waals surface area contributed by atoms with E-state index in [0.717, 1.165) is 0 Å². The summed E-state index contributed by atoms with van der Waals surface area (Å²) in [5, 5.41) is 18.1. The van der Waals surface area contributed by atoms with Crippen LogP contribution in [-0.2, 0) is 14.3 Å². The van der Waals surface area contributed by atoms with Gasteiger partial charge in [0.25, 0.3) is 0 Å². The van der Waals surface area contributed by atoms with E-state index in [1.807, 2.05) is 6.92 Å². The number of ether oxygens (including phenoxy) is 2. The van der Waals surface area contributed by atoms with Crippen molar-refractivity contribution in [1.82, 2.24) is 0 Å². The number of carbonyl (C=O) groups is 1. The first kappa shape index (κ1) is 16.7. The molecule has 0 saturated heterocycles. The molecule has 0 saturated carbocycles. The Morgan fingerprint density at radius 2 is 2.06 bits per heavy atom. The van der Waals surface area contributed by atoms with Gasteiger partial charge >= 0.3 is 5.97 Å². The van der Waals surface area contributed by atoms with Gasteiger partial charge in [-0.3, -0.25) is 4.79 Å². The monoisotopic (exact) mass is 267 g/mol. The predicted molar refractivity (Wildman–Crippen MR) is 66.2 cm³/mol. The van der Waals surface area contributed by atoms with Gasteiger partial charge in [-0.05, 0) is 6.92 Å². The van der Waals surface area contributed by atoms with Crippen molar-refractivity contribution in [3.05, 3.63) is 0 Å². The molecule has 0 heterocycles. The van der Waals surface area contributed by atoms with Gasteiger partial charge < -0.3 is 25.4 Å². The molecule has 3 unspecified atom stereocenters. The Hall–Kier alpha value is -0.340. The number of thioether (sulfide) groups is 1. The van der Waals surface area contributed by atoms with Crippen LogP contribution in [0.3, 0.4) is 0 Å². The lowest BCUT2D eigenvalue weighted by Gasteiger charge is -2.16. The molecule has 0 amide bonds. The summed E-state index contributed by atoms with van der Waals surface area (Å²) in [5.41, 5.74) is 5.31. The summed E-state index contributed by atoms with van der Waals surface area (Å²) in [6, 6.07) is -0.888. The minimum absolute atomic E-state index is 0.0686. The molecule has 6 nitrogen and oxygen atoms in total. The Bertz CT molecular complexity index is 217. The van der Waals surface area contributed by atoms with Crippen molar-refractivity contribution >= 4 is 17.7 Å². The molecule has 0 bridgehead atoms. The molecule has 0 aromatic heterocycles. The number of rotatable bonds is 10. The standard InChI is InChI=1S/C10H21NO5S/c1-7(3-15-2)16-4-8(12)5-17-6-9(11)10(13)14/h7-9,12H,3-6,11H2,1-2H3,(H,13,14). The molecule has 0 aliphatic heterocycles. The fourth-order valence-corrected chi connectivity index (χ4v) is 1.91. The van der Waals surface area contributed by atoms with Crippen molar-refractivity contribution in [2.45, 2.75) is 25.2 Å². The van der Waals surface area contributed by atoms with Crippen LogP contribution in [0.1, 0.15) is 6.92 Å². The molecule has 17 heavy (non-hydrogen) atoms. The summed E-state index contributed by atoms with van der Waals surface area (Å²) >= 11 is 1.30. The molecule has 0 rings (SSSR count). The topological polar surface area (TPSA) is 102 Å². The van der Waals surface area contributed by atoms with E-state index in [-0.39, 0.29) is 18.5 Å². The lowest BCUT2D eigenvalue weighted by molar-refractivity contribution is -0.137. The normalized spacial score (nSPS) is 16.5. The zero-order valence-corrected chi connectivity index (χ0v) is 11.0. The second kappa shape index (κ2) is 9.67. The SMILES string of the molecule is COCC(C)OCC(O)CSCC(N)C(=O)O. The highest BCUT2D eigenvalue weighted by molar-refractivity contribution is 7.99. The molecule has 102 valence electrons. The van der Waals surface area contributed by atoms with Crippen molar-refractivity contribution in [1.29, 1.82) is 0 Å². The maximum Gasteiger partial charge on any atom is 0.321 e. The van der Waals surface area contributed by atoms with Gasteiger partial charge in [-0.2, -0.15) is 11.8 Å². The quantitative estimate of drug-likeness (QED) is 0.492. The van der Waals surface area contributed by atoms with Crippen LogP contribution in [-0.4, -0.2) is 66.3 Å². The van der Waals surface area contributed by atoms with Gasteiger partial charge in [0.1, 0.15) is 6.04 Å². The molecule has 0 aromatic carbocycles. The van der Waals surface area contributed by atoms with Crippen molar-refractivity contribution < 1.29 is 24.5 Å². The second-order valence-electron chi connectivity index (χ2n) is 3.74. The van der Waals surface area contributed by atoms with E-state index in [4.69, 9.17) is 20.3 Å². The zero-order chi connectivity index (χ0) is 13.3. The molecule has 3 atom stereocenters. The van der Waals surface area contributed by atoms with Gasteiger partial charge in [-0.1, -0.05) is 0 Å². The first-order valence-corrected chi connectivity index (χ1v) is 6.47. The van der Waals surface area contributed by atoms with Crippen LogP contribution < -0.4 is 5.73 Å². The molecule has 0 fully saturated rings. The number of carboxylic acids is 1. The first-order valence-electron chi connectivity index (χ1n) is 5.32. The summed E-state index contributed by atoms with van der Waals surface area (Å²) < 4.78 is 10.2. The number of carboxylic acid groups (broad SMARTS) is 1. The molecule has 7 heteroatoms. The van der Waals surface area contributed by atoms with Crippen molar-refractivity contribution in [2.24, 2.45) is 5.73 Å². The summed E-state index contributed by atoms with van der Waals surface area (Å²) in [7, 11) is 1.58. The highest BCUT2D eigenvalue weighted by atomic mass is 32.2. The van der Waals surface area contributed by atoms with Gasteiger partial charge in [-0.15, -0.1) is 0 Å². The number of nitrogens with two attached hydrogens (primary N) is 1. The summed E-state index contributed by atoms with van der Waals surface area (Å²) in [5.74, 6) is -0.349. The Morgan fingerprint density at radius 3 is 2.59 bits per heavy atom. The van der Waals surface area contributed by atoms with Gasteiger partial charge in [-0.25, -0.2) is 0 Å². The number of hydrogen-bond donors (Lipinski definition) is 3. The molecule has 0 aliphatic carbocycles. The van der Waals surface area contributed by atoms with Crippen LogP contribution in [0.5, 0.6) is 0 Å². The summed E-state index contributed by atoms with van der Waals surface area (Å²) in [6.45, 7) is 2.54. The summed E-state index contributed by atoms with van der Waals surface area (Å²) in [6.07, 6.45) is -0.693. The minimum atomic E-state index is -1.03. The lowest BCUT2D eigenvalue weighted by atomic mass is 10.4. The van der Waals surface area contributed by atoms with Gasteiger partial charge in [0.15, 0.2) is 0 Å². The van der Waals surface area contributed by atoms with Crippen LogP contribution in [0.2, 0.25) is 0 Å². The Morgan fingerprint density at radius 1 is 1.41 bits per heavy atom. The lowest BCUT2D eigenvalue weighted by Crippen LogP contribution is -2.33. The van der Waals surface area contributed by atoms with E-state index >= 15 is 0 Å². The molecule has 0 aromatic rings. The smallest absolute Gasteiger partial charge is 0.321 e. The Balaban J connectivity index is 3.52. The number of hydrogen-bond acceptors (Lipinski definition) is 6. The second-order valence-corrected chi connectivity index (χ2v) is 4.81. The van der Waals surface area contributed by atoms with E-state index in [0.29, 0.717) is 12.4 Å². The van der Waals surface area contributed by atoms with Crippen LogP contribution in [0.15, 0.2) is 0 Å². The average Bonchev–Trinajstić information content (AvgIpc) is 2.26. The van der Waals surface area contributed by atoms with Crippen molar-refractivity contribution in [3.8, 4) is 0 Å². The predicted octanol–water partition coefficient (Wildman–Crippen LogP) is -0.456. The van der Waals surface area contributed by atoms with E-state index < -0.39 is 18.1 Å². The number of aliphatic hydroxyl groups is 1. The third-order valence-corrected chi connectivity index (χ3v) is 3.11. The van der Waals surface area contributed by atoms with Crippen LogP contribution in [0.25, 0.3) is 0 Å². The highest BCUT2D eigenvalue weighted by Gasteiger charge is 2.13. The maximum absolute atomic E-state index is 10.4. The third-order valence-electron chi connectivity index (χ3n) is 1.90. The Kier molecular flexibility index (Phi) is 9.47. The van der Waals surface area contributed by atoms with Gasteiger partial charge in [0.2, 0.25) is 0 Å². The molecule has 0 spiro atoms. The largest absolute Gasteiger partial charge is 0.480 e. The van der Waals surface area contributed by atoms with Crippen LogP contribution >= 0.6 is 11.8 Å². The van der Waals surface area contributed by atoms with Crippen LogP contribution in [0.4, 0.5) is 0 Å². The molecular formula is C10H21NO5S. The number of methoxy groups -OCH3 is 1. The van der Waals surface area contributed by atoms with E-state index in [9.17, 15) is 9.90 Å². The highest BCUT2D eigenvalue weighted by Crippen LogP contribution is 2.06. The van der Waals surface area contributed by atoms with Crippen molar-refractivity contribution in [2.75, 3.05) is 31.8 Å². The molecular weight excluding hydrogens is 246 g/mol. The maximum atomic E-state index is 10.4. The minimum Gasteiger partial charge on any atom is -0.480 e. The first-order chi connectivity index (χ1) is 7.97. The van der Waals surface area contributed by atoms with Gasteiger partial charge in [0.05, 0.1) is 25.4 Å². The fraction of sp³-hybridized carbons (Fsp3) is 0.900. The van der Waals surface area contributed by atoms with E-state index in [2.05, 4.69) is 0 Å². The fourth-order valence-electron chi connectivity index (χ4n) is 1.01. The average molecular weight is 267 g/mol. The third kappa shape index (κ3) is 9.37. The summed E-state index contributed by atoms with van der Waals surface area (Å²) in [4.78, 5) is 10.4. The van der Waals surface area contributed by atoms with E-state index in [1.165, 1.54) is 11.8 Å².